The molecule has 1 aromatic carbocycles. The molecule has 2 N–H and O–H groups in total. The monoisotopic (exact) mass is 293 g/mol. The Morgan fingerprint density at radius 3 is 2.86 bits per heavy atom. The molecule has 0 aromatic heterocycles. The molecular weight excluding hydrogens is 274 g/mol. The van der Waals surface area contributed by atoms with Crippen LogP contribution < -0.4 is 10.6 Å². The van der Waals surface area contributed by atoms with E-state index in [0.29, 0.717) is 25.4 Å². The van der Waals surface area contributed by atoms with Crippen LogP contribution >= 0.6 is 0 Å². The smallest absolute Gasteiger partial charge is 0.293 e. The lowest BCUT2D eigenvalue weighted by atomic mass is 10.0. The van der Waals surface area contributed by atoms with Gasteiger partial charge in [-0.1, -0.05) is 0 Å². The molecule has 114 valence electrons. The molecule has 1 atom stereocenters. The minimum Gasteiger partial charge on any atom is -0.379 e. The number of nitro groups is 1. The fourth-order valence-corrected chi connectivity index (χ4v) is 2.28. The molecule has 1 aliphatic rings. The van der Waals surface area contributed by atoms with Crippen molar-refractivity contribution in [2.75, 3.05) is 25.1 Å². The summed E-state index contributed by atoms with van der Waals surface area (Å²) >= 11 is 0. The largest absolute Gasteiger partial charge is 0.379 e. The number of carbonyl (C=O) groups is 1. The lowest BCUT2D eigenvalue weighted by Gasteiger charge is -2.24. The quantitative estimate of drug-likeness (QED) is 0.639. The lowest BCUT2D eigenvalue weighted by Crippen LogP contribution is -2.35. The number of benzene rings is 1. The van der Waals surface area contributed by atoms with Gasteiger partial charge in [-0.2, -0.15) is 0 Å². The van der Waals surface area contributed by atoms with Gasteiger partial charge in [-0.3, -0.25) is 14.9 Å². The summed E-state index contributed by atoms with van der Waals surface area (Å²) in [4.78, 5) is 22.5. The Morgan fingerprint density at radius 1 is 1.52 bits per heavy atom. The molecule has 0 bridgehead atoms. The van der Waals surface area contributed by atoms with Gasteiger partial charge in [-0.25, -0.2) is 0 Å². The Hall–Kier alpha value is -2.15. The van der Waals surface area contributed by atoms with E-state index >= 15 is 0 Å². The van der Waals surface area contributed by atoms with Gasteiger partial charge >= 0.3 is 0 Å². The molecule has 2 rings (SSSR count). The maximum atomic E-state index is 11.8. The van der Waals surface area contributed by atoms with E-state index in [1.54, 1.807) is 19.1 Å². The van der Waals surface area contributed by atoms with Gasteiger partial charge in [-0.05, 0) is 32.4 Å². The lowest BCUT2D eigenvalue weighted by molar-refractivity contribution is -0.384. The van der Waals surface area contributed by atoms with E-state index in [1.807, 2.05) is 6.92 Å². The summed E-state index contributed by atoms with van der Waals surface area (Å²) in [7, 11) is 0. The van der Waals surface area contributed by atoms with Gasteiger partial charge in [0.2, 0.25) is 0 Å². The molecule has 0 aliphatic carbocycles. The number of carbonyl (C=O) groups excluding carboxylic acids is 1. The van der Waals surface area contributed by atoms with Crippen molar-refractivity contribution >= 4 is 17.3 Å². The number of ether oxygens (including phenoxy) is 1. The fraction of sp³-hybridized carbons (Fsp3) is 0.500. The van der Waals surface area contributed by atoms with Crippen molar-refractivity contribution in [2.45, 2.75) is 25.8 Å². The second kappa shape index (κ2) is 6.09. The van der Waals surface area contributed by atoms with Crippen LogP contribution in [0.2, 0.25) is 0 Å². The van der Waals surface area contributed by atoms with Crippen molar-refractivity contribution in [2.24, 2.45) is 0 Å². The Kier molecular flexibility index (Phi) is 4.42. The number of rotatable bonds is 5. The van der Waals surface area contributed by atoms with E-state index in [2.05, 4.69) is 10.6 Å². The molecule has 1 heterocycles. The standard InChI is InChI=1S/C14H19N3O4/c1-3-15-13(18)10-4-5-11(12(8-10)17(19)20)16-14(2)6-7-21-9-14/h4-5,8,16H,3,6-7,9H2,1-2H3,(H,15,18). The van der Waals surface area contributed by atoms with E-state index in [9.17, 15) is 14.9 Å². The summed E-state index contributed by atoms with van der Waals surface area (Å²) in [5.74, 6) is -0.317. The first-order valence-corrected chi connectivity index (χ1v) is 6.88. The van der Waals surface area contributed by atoms with Crippen molar-refractivity contribution in [3.63, 3.8) is 0 Å². The van der Waals surface area contributed by atoms with Crippen molar-refractivity contribution in [1.82, 2.24) is 5.32 Å². The first-order chi connectivity index (χ1) is 9.95. The summed E-state index contributed by atoms with van der Waals surface area (Å²) in [6, 6.07) is 4.46. The maximum Gasteiger partial charge on any atom is 0.293 e. The third kappa shape index (κ3) is 3.49. The van der Waals surface area contributed by atoms with Crippen LogP contribution in [0, 0.1) is 10.1 Å². The summed E-state index contributed by atoms with van der Waals surface area (Å²) in [6.07, 6.45) is 0.780. The number of nitrogens with one attached hydrogen (secondary N) is 2. The molecule has 1 fully saturated rings. The molecule has 1 amide bonds. The maximum absolute atomic E-state index is 11.8. The number of nitrogens with zero attached hydrogens (tertiary/aromatic N) is 1. The van der Waals surface area contributed by atoms with Gasteiger partial charge in [0.1, 0.15) is 5.69 Å². The topological polar surface area (TPSA) is 93.5 Å². The summed E-state index contributed by atoms with van der Waals surface area (Å²) in [5, 5.41) is 17.0. The molecule has 1 aliphatic heterocycles. The number of hydrogen-bond donors (Lipinski definition) is 2. The molecule has 0 saturated carbocycles. The number of nitro benzene ring substituents is 1. The summed E-state index contributed by atoms with van der Waals surface area (Å²) < 4.78 is 5.33. The average Bonchev–Trinajstić information content (AvgIpc) is 2.85. The van der Waals surface area contributed by atoms with Gasteiger partial charge in [0.15, 0.2) is 0 Å². The van der Waals surface area contributed by atoms with Gasteiger partial charge in [0, 0.05) is 24.8 Å². The molecular formula is C14H19N3O4. The zero-order valence-corrected chi connectivity index (χ0v) is 12.1. The molecule has 7 nitrogen and oxygen atoms in total. The van der Waals surface area contributed by atoms with Crippen LogP contribution in [0.5, 0.6) is 0 Å². The van der Waals surface area contributed by atoms with Gasteiger partial charge in [0.05, 0.1) is 17.1 Å². The van der Waals surface area contributed by atoms with E-state index in [4.69, 9.17) is 4.74 Å². The molecule has 21 heavy (non-hydrogen) atoms. The van der Waals surface area contributed by atoms with Crippen molar-refractivity contribution < 1.29 is 14.5 Å². The van der Waals surface area contributed by atoms with Crippen LogP contribution in [0.4, 0.5) is 11.4 Å². The third-order valence-corrected chi connectivity index (χ3v) is 3.45. The Bertz CT molecular complexity index is 553. The van der Waals surface area contributed by atoms with E-state index in [1.165, 1.54) is 6.07 Å². The molecule has 7 heteroatoms. The molecule has 0 radical (unpaired) electrons. The Labute approximate surface area is 122 Å². The van der Waals surface area contributed by atoms with E-state index in [0.717, 1.165) is 6.42 Å². The highest BCUT2D eigenvalue weighted by atomic mass is 16.6. The first-order valence-electron chi connectivity index (χ1n) is 6.88. The molecule has 1 unspecified atom stereocenters. The van der Waals surface area contributed by atoms with Crippen LogP contribution in [0.15, 0.2) is 18.2 Å². The van der Waals surface area contributed by atoms with Crippen molar-refractivity contribution in [1.29, 1.82) is 0 Å². The van der Waals surface area contributed by atoms with Crippen LogP contribution in [0.1, 0.15) is 30.6 Å². The number of anilines is 1. The highest BCUT2D eigenvalue weighted by Gasteiger charge is 2.31. The molecule has 1 aromatic rings. The predicted molar refractivity (Wildman–Crippen MR) is 78.6 cm³/mol. The predicted octanol–water partition coefficient (Wildman–Crippen LogP) is 1.94. The minimum absolute atomic E-state index is 0.105. The SMILES string of the molecule is CCNC(=O)c1ccc(NC2(C)CCOC2)c([N+](=O)[O-])c1. The van der Waals surface area contributed by atoms with Crippen LogP contribution in [0.25, 0.3) is 0 Å². The minimum atomic E-state index is -0.482. The van der Waals surface area contributed by atoms with Gasteiger partial charge in [0.25, 0.3) is 11.6 Å². The zero-order chi connectivity index (χ0) is 15.5. The highest BCUT2D eigenvalue weighted by molar-refractivity contribution is 5.95. The van der Waals surface area contributed by atoms with E-state index < -0.39 is 4.92 Å². The second-order valence-corrected chi connectivity index (χ2v) is 5.34. The van der Waals surface area contributed by atoms with Crippen LogP contribution in [0.3, 0.4) is 0 Å². The van der Waals surface area contributed by atoms with Crippen LogP contribution in [-0.4, -0.2) is 36.1 Å². The fourth-order valence-electron chi connectivity index (χ4n) is 2.28. The van der Waals surface area contributed by atoms with Gasteiger partial charge in [-0.15, -0.1) is 0 Å². The van der Waals surface area contributed by atoms with Crippen LogP contribution in [-0.2, 0) is 4.74 Å². The van der Waals surface area contributed by atoms with Crippen molar-refractivity contribution in [3.8, 4) is 0 Å². The van der Waals surface area contributed by atoms with Gasteiger partial charge < -0.3 is 15.4 Å². The summed E-state index contributed by atoms with van der Waals surface area (Å²) in [5.41, 5.74) is 0.257. The Balaban J connectivity index is 2.29. The van der Waals surface area contributed by atoms with E-state index in [-0.39, 0.29) is 22.7 Å². The molecule has 0 spiro atoms. The number of amides is 1. The number of hydrogen-bond acceptors (Lipinski definition) is 5. The normalized spacial score (nSPS) is 21.0. The summed E-state index contributed by atoms with van der Waals surface area (Å²) in [6.45, 7) is 5.36. The van der Waals surface area contributed by atoms with Crippen molar-refractivity contribution in [3.05, 3.63) is 33.9 Å². The Morgan fingerprint density at radius 2 is 2.29 bits per heavy atom. The zero-order valence-electron chi connectivity index (χ0n) is 12.1. The highest BCUT2D eigenvalue weighted by Crippen LogP contribution is 2.31. The average molecular weight is 293 g/mol. The third-order valence-electron chi connectivity index (χ3n) is 3.45. The first kappa shape index (κ1) is 15.2. The molecule has 1 saturated heterocycles. The second-order valence-electron chi connectivity index (χ2n) is 5.34.